The average molecular weight is 323 g/mol. The highest BCUT2D eigenvalue weighted by Crippen LogP contribution is 2.28. The zero-order valence-electron chi connectivity index (χ0n) is 10.4. The van der Waals surface area contributed by atoms with Gasteiger partial charge in [0.1, 0.15) is 0 Å². The summed E-state index contributed by atoms with van der Waals surface area (Å²) in [6.45, 7) is 2.23. The molecule has 0 spiro atoms. The Morgan fingerprint density at radius 2 is 1.89 bits per heavy atom. The molecule has 2 N–H and O–H groups in total. The minimum Gasteiger partial charge on any atom is -0.397 e. The molecule has 106 valence electrons. The van der Waals surface area contributed by atoms with Gasteiger partial charge in [-0.2, -0.15) is 4.31 Å². The van der Waals surface area contributed by atoms with Gasteiger partial charge in [0.2, 0.25) is 10.0 Å². The third-order valence-corrected chi connectivity index (χ3v) is 6.69. The van der Waals surface area contributed by atoms with Gasteiger partial charge in [-0.05, 0) is 24.6 Å². The number of hydrogen-bond acceptors (Lipinski definition) is 4. The lowest BCUT2D eigenvalue weighted by atomic mass is 10.2. The molecule has 1 aliphatic heterocycles. The summed E-state index contributed by atoms with van der Waals surface area (Å²) in [5.41, 5.74) is 6.48. The van der Waals surface area contributed by atoms with Crippen molar-refractivity contribution in [2.45, 2.75) is 11.8 Å². The van der Waals surface area contributed by atoms with E-state index < -0.39 is 20.8 Å². The van der Waals surface area contributed by atoms with Crippen molar-refractivity contribution in [2.24, 2.45) is 0 Å². The largest absolute Gasteiger partial charge is 0.397 e. The molecule has 5 nitrogen and oxygen atoms in total. The molecule has 0 unspecified atom stereocenters. The molecule has 1 fully saturated rings. The monoisotopic (exact) mass is 322 g/mol. The molecule has 0 saturated carbocycles. The van der Waals surface area contributed by atoms with Gasteiger partial charge in [-0.15, -0.1) is 0 Å². The van der Waals surface area contributed by atoms with Crippen molar-refractivity contribution in [3.8, 4) is 0 Å². The van der Waals surface area contributed by atoms with Gasteiger partial charge >= 0.3 is 0 Å². The first-order valence-electron chi connectivity index (χ1n) is 5.73. The molecule has 1 aromatic carbocycles. The van der Waals surface area contributed by atoms with Crippen molar-refractivity contribution in [1.82, 2.24) is 4.31 Å². The highest BCUT2D eigenvalue weighted by Gasteiger charge is 2.29. The summed E-state index contributed by atoms with van der Waals surface area (Å²) < 4.78 is 37.7. The zero-order chi connectivity index (χ0) is 14.2. The highest BCUT2D eigenvalue weighted by molar-refractivity contribution is 7.89. The fourth-order valence-corrected chi connectivity index (χ4v) is 5.13. The molecular weight excluding hydrogens is 308 g/mol. The fraction of sp³-hybridized carbons (Fsp3) is 0.455. The van der Waals surface area contributed by atoms with Crippen LogP contribution >= 0.6 is 11.6 Å². The first-order valence-corrected chi connectivity index (χ1v) is 9.03. The minimum atomic E-state index is -3.60. The van der Waals surface area contributed by atoms with Crippen molar-refractivity contribution in [3.05, 3.63) is 22.7 Å². The summed E-state index contributed by atoms with van der Waals surface area (Å²) in [5, 5.41) is 0.344. The predicted octanol–water partition coefficient (Wildman–Crippen LogP) is 0.984. The topological polar surface area (TPSA) is 80.5 Å². The van der Waals surface area contributed by atoms with Crippen LogP contribution in [0.5, 0.6) is 0 Å². The van der Waals surface area contributed by atoms with E-state index in [2.05, 4.69) is 0 Å². The van der Waals surface area contributed by atoms with Crippen LogP contribution < -0.4 is 5.73 Å². The van der Waals surface area contributed by atoms with Crippen LogP contribution in [0.25, 0.3) is 0 Å². The third kappa shape index (κ3) is 2.94. The van der Waals surface area contributed by atoms with Crippen molar-refractivity contribution in [2.75, 3.05) is 30.3 Å². The van der Waals surface area contributed by atoms with Gasteiger partial charge in [0.25, 0.3) is 0 Å². The lowest BCUT2D eigenvalue weighted by Crippen LogP contribution is -2.41. The summed E-state index contributed by atoms with van der Waals surface area (Å²) in [5.74, 6) is 0.753. The standard InChI is InChI=1S/C11H15ClN2O3S2/c1-8-6-9(12)10(13)7-11(8)19(16,17)14-2-4-18(15)5-3-14/h6-7H,2-5,13H2,1H3. The van der Waals surface area contributed by atoms with Crippen LogP contribution in [0.3, 0.4) is 0 Å². The Kier molecular flexibility index (Phi) is 4.20. The normalized spacial score (nSPS) is 18.6. The molecule has 1 aromatic rings. The molecule has 0 atom stereocenters. The Balaban J connectivity index is 2.40. The van der Waals surface area contributed by atoms with Crippen molar-refractivity contribution in [3.63, 3.8) is 0 Å². The van der Waals surface area contributed by atoms with Gasteiger partial charge in [0.05, 0.1) is 15.6 Å². The summed E-state index contributed by atoms with van der Waals surface area (Å²) >= 11 is 5.87. The molecule has 0 aliphatic carbocycles. The van der Waals surface area contributed by atoms with E-state index in [1.54, 1.807) is 13.0 Å². The number of hydrogen-bond donors (Lipinski definition) is 1. The van der Waals surface area contributed by atoms with Crippen LogP contribution in [0.1, 0.15) is 5.56 Å². The fourth-order valence-electron chi connectivity index (χ4n) is 1.95. The Hall–Kier alpha value is -0.630. The summed E-state index contributed by atoms with van der Waals surface area (Å²) in [6.07, 6.45) is 0. The molecule has 2 rings (SSSR count). The van der Waals surface area contributed by atoms with Crippen LogP contribution in [0, 0.1) is 6.92 Å². The van der Waals surface area contributed by atoms with E-state index in [0.717, 1.165) is 0 Å². The number of aryl methyl sites for hydroxylation is 1. The average Bonchev–Trinajstić information content (AvgIpc) is 2.34. The summed E-state index contributed by atoms with van der Waals surface area (Å²) in [6, 6.07) is 2.93. The van der Waals surface area contributed by atoms with Gasteiger partial charge in [0.15, 0.2) is 0 Å². The maximum Gasteiger partial charge on any atom is 0.243 e. The van der Waals surface area contributed by atoms with Crippen molar-refractivity contribution < 1.29 is 12.6 Å². The highest BCUT2D eigenvalue weighted by atomic mass is 35.5. The lowest BCUT2D eigenvalue weighted by Gasteiger charge is -2.26. The van der Waals surface area contributed by atoms with Crippen LogP contribution in [-0.4, -0.2) is 41.5 Å². The SMILES string of the molecule is Cc1cc(Cl)c(N)cc1S(=O)(=O)N1CCS(=O)CC1. The Morgan fingerprint density at radius 1 is 1.32 bits per heavy atom. The third-order valence-electron chi connectivity index (χ3n) is 3.05. The molecule has 0 aromatic heterocycles. The van der Waals surface area contributed by atoms with E-state index in [9.17, 15) is 12.6 Å². The second-order valence-electron chi connectivity index (χ2n) is 4.39. The van der Waals surface area contributed by atoms with Crippen LogP contribution in [0.2, 0.25) is 5.02 Å². The lowest BCUT2D eigenvalue weighted by molar-refractivity contribution is 0.438. The molecule has 1 aliphatic rings. The van der Waals surface area contributed by atoms with Gasteiger partial charge in [-0.1, -0.05) is 11.6 Å². The Morgan fingerprint density at radius 3 is 2.47 bits per heavy atom. The Labute approximate surface area is 120 Å². The molecule has 0 radical (unpaired) electrons. The van der Waals surface area contributed by atoms with Crippen LogP contribution in [0.15, 0.2) is 17.0 Å². The summed E-state index contributed by atoms with van der Waals surface area (Å²) in [7, 11) is -4.51. The van der Waals surface area contributed by atoms with Crippen molar-refractivity contribution in [1.29, 1.82) is 0 Å². The maximum atomic E-state index is 12.5. The van der Waals surface area contributed by atoms with Gasteiger partial charge in [-0.25, -0.2) is 8.42 Å². The van der Waals surface area contributed by atoms with E-state index in [1.807, 2.05) is 0 Å². The molecular formula is C11H15ClN2O3S2. The number of benzene rings is 1. The van der Waals surface area contributed by atoms with Gasteiger partial charge in [0, 0.05) is 35.4 Å². The molecule has 0 amide bonds. The molecule has 1 heterocycles. The number of sulfonamides is 1. The van der Waals surface area contributed by atoms with Gasteiger partial charge in [-0.3, -0.25) is 4.21 Å². The molecule has 1 saturated heterocycles. The van der Waals surface area contributed by atoms with E-state index in [1.165, 1.54) is 10.4 Å². The van der Waals surface area contributed by atoms with Gasteiger partial charge < -0.3 is 5.73 Å². The van der Waals surface area contributed by atoms with E-state index in [0.29, 0.717) is 22.1 Å². The van der Waals surface area contributed by atoms with E-state index >= 15 is 0 Å². The molecule has 19 heavy (non-hydrogen) atoms. The van der Waals surface area contributed by atoms with E-state index in [4.69, 9.17) is 17.3 Å². The first kappa shape index (κ1) is 14.8. The predicted molar refractivity (Wildman–Crippen MR) is 77.2 cm³/mol. The molecule has 0 bridgehead atoms. The van der Waals surface area contributed by atoms with Crippen LogP contribution in [0.4, 0.5) is 5.69 Å². The summed E-state index contributed by atoms with van der Waals surface area (Å²) in [4.78, 5) is 0.169. The molecule has 8 heteroatoms. The zero-order valence-corrected chi connectivity index (χ0v) is 12.8. The van der Waals surface area contributed by atoms with Crippen LogP contribution in [-0.2, 0) is 20.8 Å². The number of anilines is 1. The van der Waals surface area contributed by atoms with Crippen molar-refractivity contribution >= 4 is 38.1 Å². The number of nitrogen functional groups attached to an aromatic ring is 1. The number of rotatable bonds is 2. The quantitative estimate of drug-likeness (QED) is 0.823. The Bertz CT molecular complexity index is 621. The first-order chi connectivity index (χ1) is 8.82. The maximum absolute atomic E-state index is 12.5. The number of nitrogens with two attached hydrogens (primary N) is 1. The smallest absolute Gasteiger partial charge is 0.243 e. The minimum absolute atomic E-state index is 0.169. The second-order valence-corrected chi connectivity index (χ2v) is 8.40. The number of nitrogens with zero attached hydrogens (tertiary/aromatic N) is 1. The second kappa shape index (κ2) is 5.40. The van der Waals surface area contributed by atoms with E-state index in [-0.39, 0.29) is 23.7 Å². The number of halogens is 1.